The third kappa shape index (κ3) is 3.30. The van der Waals surface area contributed by atoms with Gasteiger partial charge in [0, 0.05) is 11.4 Å². The monoisotopic (exact) mass is 394 g/mol. The molecule has 1 fully saturated rings. The summed E-state index contributed by atoms with van der Waals surface area (Å²) in [6, 6.07) is 9.35. The van der Waals surface area contributed by atoms with Gasteiger partial charge >= 0.3 is 0 Å². The molecule has 0 saturated carbocycles. The van der Waals surface area contributed by atoms with Crippen LogP contribution in [0.25, 0.3) is 10.6 Å². The summed E-state index contributed by atoms with van der Waals surface area (Å²) in [7, 11) is -3.47. The van der Waals surface area contributed by atoms with Gasteiger partial charge in [0.25, 0.3) is 15.8 Å². The summed E-state index contributed by atoms with van der Waals surface area (Å²) in [6.45, 7) is 2.26. The highest BCUT2D eigenvalue weighted by atomic mass is 32.2. The quantitative estimate of drug-likeness (QED) is 0.671. The lowest BCUT2D eigenvalue weighted by Gasteiger charge is -2.29. The highest BCUT2D eigenvalue weighted by Gasteiger charge is 2.32. The van der Waals surface area contributed by atoms with Crippen LogP contribution >= 0.6 is 22.9 Å². The molecular weight excluding hydrogens is 378 g/mol. The molecule has 0 atom stereocenters. The van der Waals surface area contributed by atoms with Crippen molar-refractivity contribution in [3.63, 3.8) is 0 Å². The lowest BCUT2D eigenvalue weighted by molar-refractivity contribution is -0.364. The van der Waals surface area contributed by atoms with Gasteiger partial charge in [-0.25, -0.2) is 13.4 Å². The highest BCUT2D eigenvalue weighted by Crippen LogP contribution is 2.32. The molecular formula is C15H16N5O2S3+. The number of aromatic nitrogens is 3. The molecule has 0 aliphatic carbocycles. The SMILES string of the molecule is O=S(=O)(c1ccc(-c2csnn2)s1)N1CCN(c2cccc[nH+]2)CC1. The van der Waals surface area contributed by atoms with E-state index in [2.05, 4.69) is 19.5 Å². The molecule has 7 nitrogen and oxygen atoms in total. The Morgan fingerprint density at radius 3 is 2.60 bits per heavy atom. The maximum absolute atomic E-state index is 12.9. The zero-order valence-electron chi connectivity index (χ0n) is 13.2. The zero-order valence-corrected chi connectivity index (χ0v) is 15.6. The van der Waals surface area contributed by atoms with Crippen molar-refractivity contribution in [1.29, 1.82) is 0 Å². The van der Waals surface area contributed by atoms with Crippen molar-refractivity contribution in [2.45, 2.75) is 4.21 Å². The molecule has 0 amide bonds. The molecule has 4 rings (SSSR count). The van der Waals surface area contributed by atoms with Gasteiger partial charge in [0.1, 0.15) is 9.90 Å². The molecule has 0 bridgehead atoms. The van der Waals surface area contributed by atoms with Gasteiger partial charge in [-0.1, -0.05) is 10.6 Å². The van der Waals surface area contributed by atoms with E-state index in [0.29, 0.717) is 30.4 Å². The Morgan fingerprint density at radius 1 is 1.08 bits per heavy atom. The fourth-order valence-electron chi connectivity index (χ4n) is 2.75. The number of anilines is 1. The number of nitrogens with zero attached hydrogens (tertiary/aromatic N) is 4. The van der Waals surface area contributed by atoms with Crippen molar-refractivity contribution in [1.82, 2.24) is 13.9 Å². The molecule has 1 saturated heterocycles. The number of rotatable bonds is 4. The smallest absolute Gasteiger partial charge is 0.259 e. The van der Waals surface area contributed by atoms with Gasteiger partial charge in [-0.3, -0.25) is 4.90 Å². The first-order chi connectivity index (χ1) is 12.1. The fourth-order valence-corrected chi connectivity index (χ4v) is 6.11. The molecule has 0 aromatic carbocycles. The van der Waals surface area contributed by atoms with E-state index in [4.69, 9.17) is 0 Å². The Kier molecular flexibility index (Phi) is 4.50. The summed E-state index contributed by atoms with van der Waals surface area (Å²) in [6.07, 6.45) is 1.87. The third-order valence-electron chi connectivity index (χ3n) is 4.06. The van der Waals surface area contributed by atoms with Crippen LogP contribution in [0, 0.1) is 0 Å². The number of pyridine rings is 1. The predicted octanol–water partition coefficient (Wildman–Crippen LogP) is 1.59. The second kappa shape index (κ2) is 6.79. The highest BCUT2D eigenvalue weighted by molar-refractivity contribution is 7.91. The van der Waals surface area contributed by atoms with Gasteiger partial charge < -0.3 is 0 Å². The van der Waals surface area contributed by atoms with Crippen molar-refractivity contribution >= 4 is 38.7 Å². The molecule has 4 heterocycles. The van der Waals surface area contributed by atoms with Crippen LogP contribution in [-0.4, -0.2) is 48.5 Å². The topological polar surface area (TPSA) is 80.5 Å². The number of sulfonamides is 1. The summed E-state index contributed by atoms with van der Waals surface area (Å²) in [5, 5.41) is 5.82. The van der Waals surface area contributed by atoms with Gasteiger partial charge in [0.05, 0.1) is 37.3 Å². The van der Waals surface area contributed by atoms with Crippen molar-refractivity contribution in [3.05, 3.63) is 41.9 Å². The Morgan fingerprint density at radius 2 is 1.92 bits per heavy atom. The first-order valence-corrected chi connectivity index (χ1v) is 10.8. The number of thiophene rings is 1. The van der Waals surface area contributed by atoms with E-state index in [1.807, 2.05) is 29.8 Å². The number of hydrogen-bond acceptors (Lipinski definition) is 7. The van der Waals surface area contributed by atoms with E-state index in [-0.39, 0.29) is 0 Å². The fraction of sp³-hybridized carbons (Fsp3) is 0.267. The minimum atomic E-state index is -3.47. The van der Waals surface area contributed by atoms with Crippen LogP contribution in [0.2, 0.25) is 0 Å². The van der Waals surface area contributed by atoms with E-state index >= 15 is 0 Å². The molecule has 0 unspecified atom stereocenters. The molecule has 1 aliphatic heterocycles. The normalized spacial score (nSPS) is 16.2. The lowest BCUT2D eigenvalue weighted by atomic mass is 10.3. The first kappa shape index (κ1) is 16.6. The Balaban J connectivity index is 1.49. The first-order valence-electron chi connectivity index (χ1n) is 7.74. The summed E-state index contributed by atoms with van der Waals surface area (Å²) >= 11 is 2.50. The molecule has 3 aromatic heterocycles. The van der Waals surface area contributed by atoms with Crippen molar-refractivity contribution in [3.8, 4) is 10.6 Å². The second-order valence-electron chi connectivity index (χ2n) is 5.55. The van der Waals surface area contributed by atoms with E-state index in [9.17, 15) is 8.42 Å². The minimum absolute atomic E-state index is 0.357. The predicted molar refractivity (Wildman–Crippen MR) is 97.2 cm³/mol. The van der Waals surface area contributed by atoms with Crippen LogP contribution in [-0.2, 0) is 10.0 Å². The maximum Gasteiger partial charge on any atom is 0.274 e. The average Bonchev–Trinajstić information content (AvgIpc) is 3.34. The largest absolute Gasteiger partial charge is 0.274 e. The van der Waals surface area contributed by atoms with Crippen LogP contribution in [0.3, 0.4) is 0 Å². The number of piperazine rings is 1. The van der Waals surface area contributed by atoms with Gasteiger partial charge in [-0.05, 0) is 29.7 Å². The summed E-state index contributed by atoms with van der Waals surface area (Å²) in [5.74, 6) is 1.01. The Bertz CT molecular complexity index is 933. The summed E-state index contributed by atoms with van der Waals surface area (Å²) in [5.41, 5.74) is 0.723. The van der Waals surface area contributed by atoms with Crippen LogP contribution < -0.4 is 9.88 Å². The third-order valence-corrected chi connectivity index (χ3v) is 8.04. The van der Waals surface area contributed by atoms with E-state index in [1.165, 1.54) is 22.9 Å². The number of aromatic amines is 1. The van der Waals surface area contributed by atoms with Gasteiger partial charge in [-0.15, -0.1) is 16.4 Å². The number of nitrogens with one attached hydrogen (secondary N) is 1. The second-order valence-corrected chi connectivity index (χ2v) is 9.41. The van der Waals surface area contributed by atoms with Crippen LogP contribution in [0.5, 0.6) is 0 Å². The average molecular weight is 395 g/mol. The van der Waals surface area contributed by atoms with Crippen LogP contribution in [0.15, 0.2) is 46.1 Å². The number of H-pyrrole nitrogens is 1. The summed E-state index contributed by atoms with van der Waals surface area (Å²) < 4.78 is 31.5. The summed E-state index contributed by atoms with van der Waals surface area (Å²) in [4.78, 5) is 6.17. The van der Waals surface area contributed by atoms with E-state index < -0.39 is 10.0 Å². The van der Waals surface area contributed by atoms with Crippen LogP contribution in [0.4, 0.5) is 5.82 Å². The molecule has 130 valence electrons. The van der Waals surface area contributed by atoms with E-state index in [1.54, 1.807) is 16.4 Å². The van der Waals surface area contributed by atoms with Crippen molar-refractivity contribution in [2.75, 3.05) is 31.1 Å². The van der Waals surface area contributed by atoms with Crippen LogP contribution in [0.1, 0.15) is 0 Å². The van der Waals surface area contributed by atoms with Gasteiger partial charge in [0.15, 0.2) is 0 Å². The molecule has 1 aliphatic rings. The molecule has 1 N–H and O–H groups in total. The van der Waals surface area contributed by atoms with Crippen molar-refractivity contribution in [2.24, 2.45) is 0 Å². The standard InChI is InChI=1S/C15H15N5O2S3/c21-25(22,15-5-4-13(24-15)12-11-23-18-17-12)20-9-7-19(8-10-20)14-3-1-2-6-16-14/h1-6,11H,7-10H2/p+1. The Labute approximate surface area is 153 Å². The molecule has 25 heavy (non-hydrogen) atoms. The van der Waals surface area contributed by atoms with Gasteiger partial charge in [0.2, 0.25) is 0 Å². The number of hydrogen-bond donors (Lipinski definition) is 0. The van der Waals surface area contributed by atoms with Crippen molar-refractivity contribution < 1.29 is 13.4 Å². The lowest BCUT2D eigenvalue weighted by Crippen LogP contribution is -2.49. The molecule has 3 aromatic rings. The maximum atomic E-state index is 12.9. The Hall–Kier alpha value is -1.88. The minimum Gasteiger partial charge on any atom is -0.259 e. The molecule has 10 heteroatoms. The van der Waals surface area contributed by atoms with Gasteiger partial charge in [-0.2, -0.15) is 4.31 Å². The molecule has 0 radical (unpaired) electrons. The van der Waals surface area contributed by atoms with E-state index in [0.717, 1.165) is 16.4 Å². The molecule has 0 spiro atoms. The zero-order chi connectivity index (χ0) is 17.3.